The fourth-order valence-electron chi connectivity index (χ4n) is 6.42. The predicted octanol–water partition coefficient (Wildman–Crippen LogP) is 1.08. The number of nitrogens with zero attached hydrogens (tertiary/aromatic N) is 3. The summed E-state index contributed by atoms with van der Waals surface area (Å²) in [6.07, 6.45) is 5.09. The summed E-state index contributed by atoms with van der Waals surface area (Å²) in [6.45, 7) is 3.52. The standard InChI is InChI=1S/C20H26N4O4/c1-3-4-23-15-14(16(26)24(18(23)27)9-11(2)25)21-17(22-15)20-7-12-5-13(20)8-19(28,6-12)10-20/h12-13,28H,3-10H2,1-2H3,(H,21,22). The van der Waals surface area contributed by atoms with Crippen molar-refractivity contribution < 1.29 is 9.90 Å². The number of carbonyl (C=O) groups excluding carboxylic acids is 1. The van der Waals surface area contributed by atoms with Crippen LogP contribution in [0.2, 0.25) is 0 Å². The van der Waals surface area contributed by atoms with Gasteiger partial charge in [0.2, 0.25) is 0 Å². The van der Waals surface area contributed by atoms with Crippen molar-refractivity contribution in [1.29, 1.82) is 0 Å². The summed E-state index contributed by atoms with van der Waals surface area (Å²) in [4.78, 5) is 45.5. The first-order valence-corrected chi connectivity index (χ1v) is 10.2. The number of hydrogen-bond donors (Lipinski definition) is 2. The molecular formula is C20H26N4O4. The molecule has 0 spiro atoms. The maximum absolute atomic E-state index is 13.0. The second-order valence-corrected chi connectivity index (χ2v) is 9.28. The third kappa shape index (κ3) is 2.27. The number of nitrogens with one attached hydrogen (secondary N) is 1. The first-order valence-electron chi connectivity index (χ1n) is 10.2. The van der Waals surface area contributed by atoms with Crippen LogP contribution in [0.25, 0.3) is 11.2 Å². The van der Waals surface area contributed by atoms with Crippen molar-refractivity contribution in [1.82, 2.24) is 19.1 Å². The van der Waals surface area contributed by atoms with Crippen molar-refractivity contribution in [3.63, 3.8) is 0 Å². The Hall–Kier alpha value is -2.22. The summed E-state index contributed by atoms with van der Waals surface area (Å²) in [5, 5.41) is 10.9. The molecule has 6 rings (SSSR count). The first kappa shape index (κ1) is 17.8. The van der Waals surface area contributed by atoms with E-state index in [2.05, 4.69) is 4.98 Å². The van der Waals surface area contributed by atoms with Crippen LogP contribution in [0, 0.1) is 11.8 Å². The third-order valence-electron chi connectivity index (χ3n) is 7.15. The number of carbonyl (C=O) groups is 1. The van der Waals surface area contributed by atoms with Crippen LogP contribution in [0.4, 0.5) is 0 Å². The summed E-state index contributed by atoms with van der Waals surface area (Å²) in [5.74, 6) is 1.35. The van der Waals surface area contributed by atoms with Gasteiger partial charge in [-0.3, -0.25) is 18.7 Å². The smallest absolute Gasteiger partial charge is 0.333 e. The minimum Gasteiger partial charge on any atom is -0.390 e. The molecule has 2 heterocycles. The fourth-order valence-corrected chi connectivity index (χ4v) is 6.42. The van der Waals surface area contributed by atoms with Gasteiger partial charge < -0.3 is 10.1 Å². The average molecular weight is 386 g/mol. The van der Waals surface area contributed by atoms with Gasteiger partial charge >= 0.3 is 5.69 Å². The van der Waals surface area contributed by atoms with Gasteiger partial charge in [-0.2, -0.15) is 0 Å². The van der Waals surface area contributed by atoms with Gasteiger partial charge in [0.05, 0.1) is 12.1 Å². The lowest BCUT2D eigenvalue weighted by molar-refractivity contribution is -0.117. The topological polar surface area (TPSA) is 110 Å². The highest BCUT2D eigenvalue weighted by Gasteiger charge is 2.65. The van der Waals surface area contributed by atoms with E-state index in [1.54, 1.807) is 0 Å². The maximum atomic E-state index is 13.0. The molecular weight excluding hydrogens is 360 g/mol. The third-order valence-corrected chi connectivity index (χ3v) is 7.15. The molecule has 150 valence electrons. The van der Waals surface area contributed by atoms with Crippen molar-refractivity contribution in [2.45, 2.75) is 76.5 Å². The number of aliphatic hydroxyl groups is 1. The van der Waals surface area contributed by atoms with Crippen LogP contribution in [0.1, 0.15) is 58.2 Å². The summed E-state index contributed by atoms with van der Waals surface area (Å²) >= 11 is 0. The summed E-state index contributed by atoms with van der Waals surface area (Å²) < 4.78 is 2.51. The molecule has 0 aliphatic heterocycles. The molecule has 2 N–H and O–H groups in total. The van der Waals surface area contributed by atoms with Crippen molar-refractivity contribution in [3.8, 4) is 0 Å². The van der Waals surface area contributed by atoms with Crippen molar-refractivity contribution in [2.24, 2.45) is 11.8 Å². The number of aromatic amines is 1. The van der Waals surface area contributed by atoms with Crippen molar-refractivity contribution in [3.05, 3.63) is 26.7 Å². The lowest BCUT2D eigenvalue weighted by Crippen LogP contribution is -2.41. The van der Waals surface area contributed by atoms with Gasteiger partial charge in [-0.15, -0.1) is 0 Å². The number of rotatable bonds is 5. The number of aryl methyl sites for hydroxylation is 1. The molecule has 28 heavy (non-hydrogen) atoms. The molecule has 4 fully saturated rings. The van der Waals surface area contributed by atoms with Gasteiger partial charge in [0.1, 0.15) is 17.1 Å². The lowest BCUT2D eigenvalue weighted by atomic mass is 9.73. The molecule has 4 unspecified atom stereocenters. The molecule has 8 nitrogen and oxygen atoms in total. The monoisotopic (exact) mass is 386 g/mol. The molecule has 8 heteroatoms. The van der Waals surface area contributed by atoms with E-state index in [0.717, 1.165) is 36.1 Å². The van der Waals surface area contributed by atoms with E-state index in [-0.39, 0.29) is 23.3 Å². The molecule has 0 radical (unpaired) electrons. The number of hydrogen-bond acceptors (Lipinski definition) is 5. The number of ketones is 1. The Morgan fingerprint density at radius 2 is 2.07 bits per heavy atom. The maximum Gasteiger partial charge on any atom is 0.333 e. The van der Waals surface area contributed by atoms with Crippen molar-refractivity contribution >= 4 is 16.9 Å². The minimum absolute atomic E-state index is 0.234. The van der Waals surface area contributed by atoms with Crippen LogP contribution in [0.15, 0.2) is 9.59 Å². The predicted molar refractivity (Wildman–Crippen MR) is 102 cm³/mol. The van der Waals surface area contributed by atoms with Gasteiger partial charge in [0.25, 0.3) is 5.56 Å². The Morgan fingerprint density at radius 1 is 1.29 bits per heavy atom. The molecule has 4 aliphatic carbocycles. The first-order chi connectivity index (χ1) is 13.3. The van der Waals surface area contributed by atoms with E-state index in [1.165, 1.54) is 11.5 Å². The normalized spacial score (nSPS) is 33.2. The SMILES string of the molecule is CCCn1c(=O)n(CC(C)=O)c(=O)c2[nH]c(C34CC5CC3CC(O)(C5)C4)nc21. The van der Waals surface area contributed by atoms with Crippen LogP contribution in [0.5, 0.6) is 0 Å². The van der Waals surface area contributed by atoms with E-state index < -0.39 is 16.9 Å². The number of imidazole rings is 1. The summed E-state index contributed by atoms with van der Waals surface area (Å²) in [6, 6.07) is 0. The highest BCUT2D eigenvalue weighted by Crippen LogP contribution is 2.66. The zero-order valence-electron chi connectivity index (χ0n) is 16.3. The quantitative estimate of drug-likeness (QED) is 0.799. The van der Waals surface area contributed by atoms with Gasteiger partial charge in [-0.1, -0.05) is 6.92 Å². The molecule has 4 atom stereocenters. The second kappa shape index (κ2) is 5.65. The molecule has 2 aromatic rings. The van der Waals surface area contributed by atoms with E-state index in [0.29, 0.717) is 36.9 Å². The number of Topliss-reactive ketones (excluding diaryl/α,β-unsaturated/α-hetero) is 1. The molecule has 4 saturated carbocycles. The number of fused-ring (bicyclic) bond motifs is 1. The van der Waals surface area contributed by atoms with E-state index >= 15 is 0 Å². The molecule has 4 bridgehead atoms. The molecule has 0 saturated heterocycles. The number of H-pyrrole nitrogens is 1. The van der Waals surface area contributed by atoms with E-state index in [4.69, 9.17) is 4.98 Å². The Labute approximate surface area is 161 Å². The van der Waals surface area contributed by atoms with Gasteiger partial charge in [0, 0.05) is 12.0 Å². The van der Waals surface area contributed by atoms with E-state index in [9.17, 15) is 19.5 Å². The highest BCUT2D eigenvalue weighted by molar-refractivity contribution is 5.76. The fraction of sp³-hybridized carbons (Fsp3) is 0.700. The lowest BCUT2D eigenvalue weighted by Gasteiger charge is -2.36. The van der Waals surface area contributed by atoms with Crippen LogP contribution < -0.4 is 11.2 Å². The minimum atomic E-state index is -0.622. The van der Waals surface area contributed by atoms with Crippen molar-refractivity contribution in [2.75, 3.05) is 0 Å². The Bertz CT molecular complexity index is 1110. The van der Waals surface area contributed by atoms with Gasteiger partial charge in [0.15, 0.2) is 5.65 Å². The summed E-state index contributed by atoms with van der Waals surface area (Å²) in [7, 11) is 0. The van der Waals surface area contributed by atoms with Gasteiger partial charge in [-0.25, -0.2) is 9.78 Å². The molecule has 0 aromatic carbocycles. The largest absolute Gasteiger partial charge is 0.390 e. The van der Waals surface area contributed by atoms with Crippen LogP contribution in [-0.2, 0) is 23.3 Å². The van der Waals surface area contributed by atoms with Crippen LogP contribution >= 0.6 is 0 Å². The van der Waals surface area contributed by atoms with Gasteiger partial charge in [-0.05, 0) is 57.3 Å². The highest BCUT2D eigenvalue weighted by atomic mass is 16.3. The zero-order valence-corrected chi connectivity index (χ0v) is 16.3. The van der Waals surface area contributed by atoms with Crippen LogP contribution in [0.3, 0.4) is 0 Å². The number of aromatic nitrogens is 4. The summed E-state index contributed by atoms with van der Waals surface area (Å²) in [5.41, 5.74) is -1.17. The molecule has 4 aliphatic rings. The Balaban J connectivity index is 1.73. The van der Waals surface area contributed by atoms with Crippen LogP contribution in [-0.4, -0.2) is 35.6 Å². The van der Waals surface area contributed by atoms with E-state index in [1.807, 2.05) is 6.92 Å². The average Bonchev–Trinajstić information content (AvgIpc) is 3.21. The second-order valence-electron chi connectivity index (χ2n) is 9.28. The molecule has 2 aromatic heterocycles. The Kier molecular flexibility index (Phi) is 3.60. The zero-order chi connectivity index (χ0) is 19.8. The molecule has 0 amide bonds. The Morgan fingerprint density at radius 3 is 2.75 bits per heavy atom.